The molecule has 6 aliphatic heterocycles. The normalized spacial score (nSPS) is 45.4. The van der Waals surface area contributed by atoms with Gasteiger partial charge in [0.1, 0.15) is 29.8 Å². The molecule has 15 nitrogen and oxygen atoms in total. The van der Waals surface area contributed by atoms with E-state index in [1.165, 1.54) is 0 Å². The maximum absolute atomic E-state index is 14.9. The Bertz CT molecular complexity index is 2120. The Morgan fingerprint density at radius 1 is 0.958 bits per heavy atom. The first-order valence-corrected chi connectivity index (χ1v) is 29.6. The van der Waals surface area contributed by atoms with Crippen LogP contribution in [0, 0.1) is 35.0 Å². The maximum atomic E-state index is 14.9. The lowest BCUT2D eigenvalue weighted by Gasteiger charge is -2.49. The molecule has 4 fully saturated rings. The summed E-state index contributed by atoms with van der Waals surface area (Å²) in [5.41, 5.74) is -0.400. The van der Waals surface area contributed by atoms with Crippen LogP contribution in [0.1, 0.15) is 115 Å². The van der Waals surface area contributed by atoms with Crippen molar-refractivity contribution in [1.82, 2.24) is 5.32 Å². The number of carbonyl (C=O) groups is 1. The Labute approximate surface area is 431 Å². The smallest absolute Gasteiger partial charge is 0.316 e. The van der Waals surface area contributed by atoms with Crippen molar-refractivity contribution in [1.29, 1.82) is 5.26 Å². The molecule has 0 aromatic carbocycles. The van der Waals surface area contributed by atoms with Gasteiger partial charge >= 0.3 is 5.97 Å². The van der Waals surface area contributed by atoms with Gasteiger partial charge in [0.05, 0.1) is 61.5 Å². The standard InChI is InChI=1S/C56H88N2O13Si/c1-17-32(2)48-35(5)23-24-54(70-48)29-41-26-40(69-54)22-21-34(4)47(67-45-27-43(61-13)50(37(7)64-45)68-46-28-44(62-14)55(31-57,58-12)38(8)65-46)33(3)19-18-20-39-30-63-51-49(71-72(15,16)53(9,10)11)36(6)25-42(52(59)66-41)56(39,51)60/h18-21,23-25,32-33,35,37-38,40-51,58,60H,17,22,26-30H2,1-16H3/b19-18+,34-21+,39-20+/t32-,33-,35-,37-,38-,40+,41-,42-,43-,44-,45-,46-,47-,48+,49+,50-,51+,54+,55+,56+/m0/s1. The van der Waals surface area contributed by atoms with Crippen molar-refractivity contribution >= 4 is 14.3 Å². The molecule has 6 heterocycles. The summed E-state index contributed by atoms with van der Waals surface area (Å²) in [4.78, 5) is 14.9. The third-order valence-corrected chi connectivity index (χ3v) is 22.0. The van der Waals surface area contributed by atoms with Gasteiger partial charge in [0.15, 0.2) is 32.2 Å². The molecule has 0 saturated carbocycles. The predicted molar refractivity (Wildman–Crippen MR) is 275 cm³/mol. The van der Waals surface area contributed by atoms with Gasteiger partial charge in [-0.2, -0.15) is 5.26 Å². The van der Waals surface area contributed by atoms with Crippen molar-refractivity contribution < 1.29 is 61.7 Å². The molecule has 0 aromatic rings. The average Bonchev–Trinajstić information content (AvgIpc) is 3.67. The molecule has 0 aromatic heterocycles. The van der Waals surface area contributed by atoms with E-state index in [4.69, 9.17) is 51.8 Å². The molecule has 1 aliphatic carbocycles. The first-order valence-electron chi connectivity index (χ1n) is 26.7. The summed E-state index contributed by atoms with van der Waals surface area (Å²) in [6, 6.07) is 2.37. The monoisotopic (exact) mass is 1020 g/mol. The molecule has 0 unspecified atom stereocenters. The van der Waals surface area contributed by atoms with E-state index in [-0.39, 0.29) is 41.6 Å². The minimum atomic E-state index is -2.38. The number of esters is 1. The molecule has 7 aliphatic rings. The molecule has 2 bridgehead atoms. The molecule has 20 atom stereocenters. The Balaban J connectivity index is 1.21. The zero-order valence-electron chi connectivity index (χ0n) is 46.1. The zero-order chi connectivity index (χ0) is 52.7. The highest BCUT2D eigenvalue weighted by Gasteiger charge is 2.62. The van der Waals surface area contributed by atoms with E-state index < -0.39 is 105 Å². The lowest BCUT2D eigenvalue weighted by atomic mass is 9.71. The SMILES string of the molecule is CC[C@H](C)[C@H]1O[C@]2(C=C[C@@H]1C)C[C@@H]1C[C@@H](C/C=C(\C)[C@@H](O[C@H]3C[C@H](OC)[C@@H](O[C@H]4C[C@H](OC)[C@](C#N)(NC)[C@H](C)O4)[C@H](C)O3)[C@@H](C)/C=C/C=C3\CO[C@@H]4[C@H](O[Si](C)(C)C(C)(C)C)C(C)=C[C@@H](C(=O)O1)[C@]34O)O2. The number of likely N-dealkylation sites (N-methyl/N-ethyl adjacent to an activating group) is 1. The van der Waals surface area contributed by atoms with Crippen molar-refractivity contribution in [3.63, 3.8) is 0 Å². The largest absolute Gasteiger partial charge is 0.462 e. The minimum Gasteiger partial charge on any atom is -0.462 e. The molecular weight excluding hydrogens is 937 g/mol. The number of ether oxygens (including phenoxy) is 10. The second-order valence-corrected chi connectivity index (χ2v) is 28.2. The number of fused-ring (bicyclic) bond motifs is 2. The van der Waals surface area contributed by atoms with Crippen molar-refractivity contribution in [2.75, 3.05) is 27.9 Å². The van der Waals surface area contributed by atoms with E-state index in [1.54, 1.807) is 21.3 Å². The topological polar surface area (TPSA) is 175 Å². The van der Waals surface area contributed by atoms with Gasteiger partial charge in [-0.25, -0.2) is 0 Å². The van der Waals surface area contributed by atoms with Crippen LogP contribution in [0.25, 0.3) is 0 Å². The summed E-state index contributed by atoms with van der Waals surface area (Å²) in [5, 5.41) is 26.4. The van der Waals surface area contributed by atoms with Crippen LogP contribution in [0.3, 0.4) is 0 Å². The van der Waals surface area contributed by atoms with E-state index in [9.17, 15) is 15.2 Å². The highest BCUT2D eigenvalue weighted by molar-refractivity contribution is 6.74. The fourth-order valence-electron chi connectivity index (χ4n) is 11.8. The number of hydrogen-bond acceptors (Lipinski definition) is 15. The number of rotatable bonds is 11. The van der Waals surface area contributed by atoms with E-state index in [1.807, 2.05) is 45.1 Å². The summed E-state index contributed by atoms with van der Waals surface area (Å²) in [7, 11) is 2.61. The van der Waals surface area contributed by atoms with Crippen LogP contribution in [0.2, 0.25) is 18.1 Å². The Kier molecular flexibility index (Phi) is 17.9. The molecule has 0 radical (unpaired) electrons. The number of aliphatic hydroxyl groups is 1. The van der Waals surface area contributed by atoms with E-state index in [2.05, 4.69) is 98.1 Å². The molecule has 16 heteroatoms. The lowest BCUT2D eigenvalue weighted by Crippen LogP contribution is -2.66. The highest BCUT2D eigenvalue weighted by Crippen LogP contribution is 2.50. The summed E-state index contributed by atoms with van der Waals surface area (Å²) in [6.45, 7) is 27.5. The fraction of sp³-hybridized carbons (Fsp3) is 0.786. The van der Waals surface area contributed by atoms with Crippen LogP contribution in [0.15, 0.2) is 59.3 Å². The minimum absolute atomic E-state index is 0.0940. The number of nitriles is 1. The van der Waals surface area contributed by atoms with Crippen molar-refractivity contribution in [3.05, 3.63) is 59.3 Å². The van der Waals surface area contributed by atoms with Gasteiger partial charge in [-0.3, -0.25) is 10.1 Å². The molecule has 72 heavy (non-hydrogen) atoms. The van der Waals surface area contributed by atoms with Gasteiger partial charge < -0.3 is 56.9 Å². The van der Waals surface area contributed by atoms with E-state index in [0.717, 1.165) is 17.6 Å². The Morgan fingerprint density at radius 3 is 2.33 bits per heavy atom. The molecule has 1 spiro atoms. The van der Waals surface area contributed by atoms with E-state index >= 15 is 0 Å². The average molecular weight is 1030 g/mol. The quantitative estimate of drug-likeness (QED) is 0.114. The zero-order valence-corrected chi connectivity index (χ0v) is 47.1. The van der Waals surface area contributed by atoms with Crippen LogP contribution in [-0.2, 0) is 56.6 Å². The highest BCUT2D eigenvalue weighted by atomic mass is 28.4. The number of nitrogens with one attached hydrogen (secondary N) is 1. The summed E-state index contributed by atoms with van der Waals surface area (Å²) in [6.07, 6.45) is 10.4. The van der Waals surface area contributed by atoms with E-state index in [0.29, 0.717) is 37.7 Å². The predicted octanol–water partition coefficient (Wildman–Crippen LogP) is 8.53. The molecule has 0 amide bonds. The van der Waals surface area contributed by atoms with Crippen LogP contribution < -0.4 is 5.32 Å². The first-order chi connectivity index (χ1) is 33.9. The van der Waals surface area contributed by atoms with Crippen molar-refractivity contribution in [2.24, 2.45) is 23.7 Å². The van der Waals surface area contributed by atoms with Gasteiger partial charge in [0, 0.05) is 51.7 Å². The number of allylic oxidation sites excluding steroid dienone is 2. The van der Waals surface area contributed by atoms with Gasteiger partial charge in [0.2, 0.25) is 0 Å². The number of nitrogens with zero attached hydrogens (tertiary/aromatic N) is 1. The third-order valence-electron chi connectivity index (χ3n) is 17.5. The van der Waals surface area contributed by atoms with Crippen LogP contribution in [0.5, 0.6) is 0 Å². The summed E-state index contributed by atoms with van der Waals surface area (Å²) >= 11 is 0. The van der Waals surface area contributed by atoms with Gasteiger partial charge in [0.25, 0.3) is 0 Å². The summed E-state index contributed by atoms with van der Waals surface area (Å²) in [5.74, 6) is -2.44. The first kappa shape index (κ1) is 57.1. The maximum Gasteiger partial charge on any atom is 0.316 e. The number of carbonyl (C=O) groups excluding carboxylic acids is 1. The number of hydrogen-bond donors (Lipinski definition) is 2. The van der Waals surface area contributed by atoms with Crippen LogP contribution in [0.4, 0.5) is 0 Å². The molecule has 2 N–H and O–H groups in total. The van der Waals surface area contributed by atoms with Gasteiger partial charge in [-0.05, 0) is 88.0 Å². The third kappa shape index (κ3) is 11.3. The van der Waals surface area contributed by atoms with Gasteiger partial charge in [-0.15, -0.1) is 0 Å². The molecule has 7 rings (SSSR count). The van der Waals surface area contributed by atoms with Gasteiger partial charge in [-0.1, -0.05) is 91.3 Å². The Hall–Kier alpha value is -2.60. The number of methoxy groups -OCH3 is 2. The molecular formula is C56H88N2O13Si. The van der Waals surface area contributed by atoms with Crippen LogP contribution >= 0.6 is 0 Å². The van der Waals surface area contributed by atoms with Crippen LogP contribution in [-0.4, -0.2) is 144 Å². The molecule has 4 saturated heterocycles. The second kappa shape index (κ2) is 22.5. The second-order valence-electron chi connectivity index (χ2n) is 23.4. The fourth-order valence-corrected chi connectivity index (χ4v) is 13.1. The Morgan fingerprint density at radius 2 is 1.68 bits per heavy atom. The summed E-state index contributed by atoms with van der Waals surface area (Å²) < 4.78 is 72.7. The van der Waals surface area contributed by atoms with Crippen molar-refractivity contribution in [2.45, 2.75) is 229 Å². The molecule has 404 valence electrons. The lowest BCUT2D eigenvalue weighted by molar-refractivity contribution is -0.315. The van der Waals surface area contributed by atoms with Crippen molar-refractivity contribution in [3.8, 4) is 6.07 Å².